The molecule has 0 aliphatic heterocycles. The first-order valence-corrected chi connectivity index (χ1v) is 9.49. The Bertz CT molecular complexity index is 833. The van der Waals surface area contributed by atoms with Crippen LogP contribution in [0.3, 0.4) is 0 Å². The number of ether oxygens (including phenoxy) is 3. The Morgan fingerprint density at radius 2 is 1.79 bits per heavy atom. The van der Waals surface area contributed by atoms with E-state index in [-0.39, 0.29) is 18.6 Å². The van der Waals surface area contributed by atoms with Gasteiger partial charge in [-0.15, -0.1) is 0 Å². The van der Waals surface area contributed by atoms with Gasteiger partial charge in [0.15, 0.2) is 18.1 Å². The number of hydrogen-bond acceptors (Lipinski definition) is 5. The lowest BCUT2D eigenvalue weighted by Crippen LogP contribution is -2.37. The van der Waals surface area contributed by atoms with Crippen molar-refractivity contribution in [2.45, 2.75) is 13.0 Å². The third-order valence-electron chi connectivity index (χ3n) is 4.52. The highest BCUT2D eigenvalue weighted by molar-refractivity contribution is 5.77. The Kier molecular flexibility index (Phi) is 8.55. The predicted octanol–water partition coefficient (Wildman–Crippen LogP) is 3.53. The van der Waals surface area contributed by atoms with Crippen LogP contribution in [0.1, 0.15) is 24.1 Å². The van der Waals surface area contributed by atoms with Gasteiger partial charge in [-0.3, -0.25) is 4.79 Å². The number of likely N-dealkylation sites (N-methyl/N-ethyl adjacent to an activating group) is 1. The summed E-state index contributed by atoms with van der Waals surface area (Å²) in [6, 6.07) is 13.4. The summed E-state index contributed by atoms with van der Waals surface area (Å²) in [5, 5.41) is 2.94. The maximum absolute atomic E-state index is 12.4. The van der Waals surface area contributed by atoms with Gasteiger partial charge < -0.3 is 24.4 Å². The van der Waals surface area contributed by atoms with Gasteiger partial charge in [-0.1, -0.05) is 36.4 Å². The Hall–Kier alpha value is -2.99. The van der Waals surface area contributed by atoms with Gasteiger partial charge in [0.2, 0.25) is 0 Å². The number of benzene rings is 2. The van der Waals surface area contributed by atoms with Crippen molar-refractivity contribution in [1.29, 1.82) is 0 Å². The fourth-order valence-electron chi connectivity index (χ4n) is 3.02. The van der Waals surface area contributed by atoms with Crippen molar-refractivity contribution in [2.75, 3.05) is 41.5 Å². The van der Waals surface area contributed by atoms with E-state index < -0.39 is 0 Å². The highest BCUT2D eigenvalue weighted by Crippen LogP contribution is 2.29. The van der Waals surface area contributed by atoms with Crippen molar-refractivity contribution in [3.63, 3.8) is 0 Å². The Labute approximate surface area is 173 Å². The summed E-state index contributed by atoms with van der Waals surface area (Å²) in [5.74, 6) is 1.72. The molecule has 0 aliphatic carbocycles. The molecular formula is C23H30N2O4. The zero-order valence-electron chi connectivity index (χ0n) is 17.8. The zero-order chi connectivity index (χ0) is 21.2. The van der Waals surface area contributed by atoms with Gasteiger partial charge in [0.05, 0.1) is 20.3 Å². The number of para-hydroxylation sites is 1. The molecule has 0 radical (unpaired) electrons. The molecule has 0 saturated carbocycles. The molecule has 2 rings (SSSR count). The Morgan fingerprint density at radius 1 is 1.07 bits per heavy atom. The summed E-state index contributed by atoms with van der Waals surface area (Å²) >= 11 is 0. The first-order chi connectivity index (χ1) is 14.0. The summed E-state index contributed by atoms with van der Waals surface area (Å²) in [6.45, 7) is 2.30. The molecule has 0 aromatic heterocycles. The van der Waals surface area contributed by atoms with E-state index in [1.165, 1.54) is 0 Å². The Morgan fingerprint density at radius 3 is 2.45 bits per heavy atom. The summed E-state index contributed by atoms with van der Waals surface area (Å²) in [7, 11) is 7.16. The van der Waals surface area contributed by atoms with Crippen LogP contribution >= 0.6 is 0 Å². The molecule has 6 nitrogen and oxygen atoms in total. The van der Waals surface area contributed by atoms with Gasteiger partial charge in [-0.25, -0.2) is 0 Å². The van der Waals surface area contributed by atoms with Crippen LogP contribution in [0.5, 0.6) is 17.2 Å². The molecule has 0 aliphatic rings. The van der Waals surface area contributed by atoms with Crippen molar-refractivity contribution < 1.29 is 19.0 Å². The van der Waals surface area contributed by atoms with Crippen molar-refractivity contribution in [1.82, 2.24) is 10.2 Å². The van der Waals surface area contributed by atoms with Gasteiger partial charge in [0.25, 0.3) is 5.91 Å². The molecule has 29 heavy (non-hydrogen) atoms. The molecular weight excluding hydrogens is 368 g/mol. The second kappa shape index (κ2) is 11.1. The number of hydrogen-bond donors (Lipinski definition) is 1. The van der Waals surface area contributed by atoms with Gasteiger partial charge >= 0.3 is 0 Å². The number of carbonyl (C=O) groups is 1. The van der Waals surface area contributed by atoms with E-state index in [9.17, 15) is 4.79 Å². The number of nitrogens with one attached hydrogen (secondary N) is 1. The normalized spacial score (nSPS) is 12.1. The fourth-order valence-corrected chi connectivity index (χ4v) is 3.02. The van der Waals surface area contributed by atoms with Crippen LogP contribution in [-0.2, 0) is 4.79 Å². The quantitative estimate of drug-likeness (QED) is 0.663. The topological polar surface area (TPSA) is 60.0 Å². The Balaban J connectivity index is 1.98. The number of methoxy groups -OCH3 is 2. The van der Waals surface area contributed by atoms with Gasteiger partial charge in [0.1, 0.15) is 5.75 Å². The standard InChI is InChI=1S/C23H30N2O4/c1-6-9-17-12-13-21(22(14-17)28-5)29-16-23(26)24-15-19(25(2)3)18-10-7-8-11-20(18)27-4/h6-14,19H,15-16H2,1-5H3,(H,24,26)/b9-6+. The lowest BCUT2D eigenvalue weighted by Gasteiger charge is -2.26. The molecule has 1 atom stereocenters. The van der Waals surface area contributed by atoms with Crippen LogP contribution in [0.4, 0.5) is 0 Å². The number of nitrogens with zero attached hydrogens (tertiary/aromatic N) is 1. The minimum Gasteiger partial charge on any atom is -0.496 e. The minimum absolute atomic E-state index is 0.0234. The molecule has 2 aromatic carbocycles. The molecule has 0 saturated heterocycles. The predicted molar refractivity (Wildman–Crippen MR) is 116 cm³/mol. The summed E-state index contributed by atoms with van der Waals surface area (Å²) < 4.78 is 16.5. The lowest BCUT2D eigenvalue weighted by atomic mass is 10.0. The molecule has 1 amide bonds. The van der Waals surface area contributed by atoms with Gasteiger partial charge in [0, 0.05) is 12.1 Å². The van der Waals surface area contributed by atoms with Crippen LogP contribution in [0.25, 0.3) is 6.08 Å². The minimum atomic E-state index is -0.202. The van der Waals surface area contributed by atoms with E-state index >= 15 is 0 Å². The van der Waals surface area contributed by atoms with E-state index in [0.717, 1.165) is 16.9 Å². The van der Waals surface area contributed by atoms with Crippen molar-refractivity contribution in [2.24, 2.45) is 0 Å². The second-order valence-electron chi connectivity index (χ2n) is 6.72. The molecule has 1 N–H and O–H groups in total. The SMILES string of the molecule is C/C=C/c1ccc(OCC(=O)NCC(c2ccccc2OC)N(C)C)c(OC)c1. The molecule has 6 heteroatoms. The third kappa shape index (κ3) is 6.26. The lowest BCUT2D eigenvalue weighted by molar-refractivity contribution is -0.123. The van der Waals surface area contributed by atoms with Crippen molar-refractivity contribution in [3.8, 4) is 17.2 Å². The molecule has 0 bridgehead atoms. The van der Waals surface area contributed by atoms with E-state index in [1.54, 1.807) is 20.3 Å². The number of amides is 1. The van der Waals surface area contributed by atoms with Crippen molar-refractivity contribution in [3.05, 3.63) is 59.7 Å². The average molecular weight is 399 g/mol. The van der Waals surface area contributed by atoms with Crippen LogP contribution in [0.15, 0.2) is 48.5 Å². The molecule has 156 valence electrons. The van der Waals surface area contributed by atoms with Gasteiger partial charge in [-0.2, -0.15) is 0 Å². The molecule has 2 aromatic rings. The fraction of sp³-hybridized carbons (Fsp3) is 0.348. The monoisotopic (exact) mass is 398 g/mol. The molecule has 0 fully saturated rings. The second-order valence-corrected chi connectivity index (χ2v) is 6.72. The van der Waals surface area contributed by atoms with E-state index in [2.05, 4.69) is 5.32 Å². The van der Waals surface area contributed by atoms with E-state index in [0.29, 0.717) is 18.0 Å². The summed E-state index contributed by atoms with van der Waals surface area (Å²) in [4.78, 5) is 14.4. The third-order valence-corrected chi connectivity index (χ3v) is 4.52. The van der Waals surface area contributed by atoms with Crippen LogP contribution in [-0.4, -0.2) is 52.3 Å². The van der Waals surface area contributed by atoms with Crippen molar-refractivity contribution >= 4 is 12.0 Å². The number of allylic oxidation sites excluding steroid dienone is 1. The molecule has 0 heterocycles. The van der Waals surface area contributed by atoms with Gasteiger partial charge in [-0.05, 0) is 44.8 Å². The molecule has 1 unspecified atom stereocenters. The number of carbonyl (C=O) groups excluding carboxylic acids is 1. The smallest absolute Gasteiger partial charge is 0.258 e. The highest BCUT2D eigenvalue weighted by Gasteiger charge is 2.19. The maximum atomic E-state index is 12.4. The summed E-state index contributed by atoms with van der Waals surface area (Å²) in [6.07, 6.45) is 3.92. The largest absolute Gasteiger partial charge is 0.496 e. The first-order valence-electron chi connectivity index (χ1n) is 9.49. The van der Waals surface area contributed by atoms with E-state index in [4.69, 9.17) is 14.2 Å². The van der Waals surface area contributed by atoms with Crippen LogP contribution < -0.4 is 19.5 Å². The average Bonchev–Trinajstić information content (AvgIpc) is 2.73. The van der Waals surface area contributed by atoms with Crippen LogP contribution in [0, 0.1) is 0 Å². The van der Waals surface area contributed by atoms with E-state index in [1.807, 2.05) is 74.5 Å². The number of rotatable bonds is 10. The van der Waals surface area contributed by atoms with Crippen LogP contribution in [0.2, 0.25) is 0 Å². The first kappa shape index (κ1) is 22.3. The zero-order valence-corrected chi connectivity index (χ0v) is 17.8. The maximum Gasteiger partial charge on any atom is 0.258 e. The molecule has 0 spiro atoms. The highest BCUT2D eigenvalue weighted by atomic mass is 16.5. The summed E-state index contributed by atoms with van der Waals surface area (Å²) in [5.41, 5.74) is 2.02.